The van der Waals surface area contributed by atoms with E-state index >= 15 is 0 Å². The van der Waals surface area contributed by atoms with Crippen LogP contribution in [0, 0.1) is 0 Å². The van der Waals surface area contributed by atoms with Gasteiger partial charge in [0.1, 0.15) is 23.5 Å². The van der Waals surface area contributed by atoms with Crippen molar-refractivity contribution in [3.05, 3.63) is 53.6 Å². The molecule has 0 heterocycles. The van der Waals surface area contributed by atoms with E-state index in [0.29, 0.717) is 6.42 Å². The van der Waals surface area contributed by atoms with Gasteiger partial charge in [-0.15, -0.1) is 0 Å². The molecule has 0 radical (unpaired) electrons. The maximum Gasteiger partial charge on any atom is 0.127 e. The number of rotatable bonds is 6. The lowest BCUT2D eigenvalue weighted by Gasteiger charge is -2.10. The fourth-order valence-electron chi connectivity index (χ4n) is 2.02. The maximum atomic E-state index is 10.4. The molecule has 0 amide bonds. The van der Waals surface area contributed by atoms with Crippen LogP contribution >= 0.6 is 0 Å². The van der Waals surface area contributed by atoms with E-state index in [0.717, 1.165) is 41.1 Å². The van der Waals surface area contributed by atoms with Crippen LogP contribution in [0.15, 0.2) is 42.5 Å². The summed E-state index contributed by atoms with van der Waals surface area (Å²) in [5.41, 5.74) is 2.10. The summed E-state index contributed by atoms with van der Waals surface area (Å²) in [6, 6.07) is 13.3. The van der Waals surface area contributed by atoms with E-state index in [9.17, 15) is 4.79 Å². The highest BCUT2D eigenvalue weighted by Gasteiger charge is 2.04. The first-order valence-corrected chi connectivity index (χ1v) is 6.64. The molecular formula is C17H18O3. The average molecular weight is 270 g/mol. The molecular weight excluding hydrogens is 252 g/mol. The number of carbonyl (C=O) groups excluding carboxylic acids is 1. The van der Waals surface area contributed by atoms with Crippen molar-refractivity contribution in [2.45, 2.75) is 19.8 Å². The Kier molecular flexibility index (Phi) is 4.77. The van der Waals surface area contributed by atoms with Crippen LogP contribution in [0.3, 0.4) is 0 Å². The lowest BCUT2D eigenvalue weighted by Crippen LogP contribution is -1.92. The van der Waals surface area contributed by atoms with E-state index < -0.39 is 0 Å². The van der Waals surface area contributed by atoms with E-state index in [4.69, 9.17) is 9.47 Å². The number of methoxy groups -OCH3 is 1. The number of carbonyl (C=O) groups is 1. The van der Waals surface area contributed by atoms with Crippen LogP contribution in [0.2, 0.25) is 0 Å². The van der Waals surface area contributed by atoms with Gasteiger partial charge >= 0.3 is 0 Å². The van der Waals surface area contributed by atoms with Crippen molar-refractivity contribution in [1.29, 1.82) is 0 Å². The second-order valence-corrected chi connectivity index (χ2v) is 4.44. The summed E-state index contributed by atoms with van der Waals surface area (Å²) >= 11 is 0. The number of hydrogen-bond acceptors (Lipinski definition) is 3. The van der Waals surface area contributed by atoms with Crippen LogP contribution in [0.1, 0.15) is 18.1 Å². The quantitative estimate of drug-likeness (QED) is 0.749. The summed E-state index contributed by atoms with van der Waals surface area (Å²) in [4.78, 5) is 10.4. The molecule has 0 saturated heterocycles. The number of hydrogen-bond donors (Lipinski definition) is 0. The highest BCUT2D eigenvalue weighted by atomic mass is 16.5. The van der Waals surface area contributed by atoms with Crippen molar-refractivity contribution in [1.82, 2.24) is 0 Å². The standard InChI is InChI=1S/C17H18O3/c1-3-14-12-16(8-9-17(14)19-2)20-15-6-4-13(5-7-15)10-11-18/h4-9,11-12H,3,10H2,1-2H3. The molecule has 3 heteroatoms. The predicted molar refractivity (Wildman–Crippen MR) is 78.7 cm³/mol. The summed E-state index contributed by atoms with van der Waals surface area (Å²) in [7, 11) is 1.67. The van der Waals surface area contributed by atoms with Crippen molar-refractivity contribution in [3.8, 4) is 17.2 Å². The summed E-state index contributed by atoms with van der Waals surface area (Å²) in [5, 5.41) is 0. The number of benzene rings is 2. The zero-order chi connectivity index (χ0) is 14.4. The van der Waals surface area contributed by atoms with Crippen LogP contribution in [-0.2, 0) is 17.6 Å². The highest BCUT2D eigenvalue weighted by molar-refractivity contribution is 5.55. The van der Waals surface area contributed by atoms with Gasteiger partial charge in [0, 0.05) is 6.42 Å². The van der Waals surface area contributed by atoms with Crippen LogP contribution in [0.4, 0.5) is 0 Å². The van der Waals surface area contributed by atoms with Gasteiger partial charge in [-0.05, 0) is 47.9 Å². The molecule has 3 nitrogen and oxygen atoms in total. The first-order valence-electron chi connectivity index (χ1n) is 6.64. The first-order chi connectivity index (χ1) is 9.76. The average Bonchev–Trinajstić information content (AvgIpc) is 2.49. The fraction of sp³-hybridized carbons (Fsp3) is 0.235. The molecule has 0 aliphatic rings. The molecule has 0 bridgehead atoms. The third-order valence-electron chi connectivity index (χ3n) is 3.11. The molecule has 0 aliphatic heterocycles. The van der Waals surface area contributed by atoms with Crippen molar-refractivity contribution in [2.24, 2.45) is 0 Å². The molecule has 2 aromatic rings. The third kappa shape index (κ3) is 3.38. The SMILES string of the molecule is CCc1cc(Oc2ccc(CC=O)cc2)ccc1OC. The highest BCUT2D eigenvalue weighted by Crippen LogP contribution is 2.28. The topological polar surface area (TPSA) is 35.5 Å². The zero-order valence-electron chi connectivity index (χ0n) is 11.8. The van der Waals surface area contributed by atoms with Gasteiger partial charge in [0.05, 0.1) is 7.11 Å². The van der Waals surface area contributed by atoms with E-state index in [1.54, 1.807) is 7.11 Å². The molecule has 0 unspecified atom stereocenters. The van der Waals surface area contributed by atoms with Crippen molar-refractivity contribution < 1.29 is 14.3 Å². The molecule has 2 rings (SSSR count). The Hall–Kier alpha value is -2.29. The second-order valence-electron chi connectivity index (χ2n) is 4.44. The summed E-state index contributed by atoms with van der Waals surface area (Å²) < 4.78 is 11.1. The van der Waals surface area contributed by atoms with Gasteiger partial charge in [-0.2, -0.15) is 0 Å². The minimum Gasteiger partial charge on any atom is -0.496 e. The van der Waals surface area contributed by atoms with Gasteiger partial charge < -0.3 is 14.3 Å². The van der Waals surface area contributed by atoms with E-state index in [1.807, 2.05) is 42.5 Å². The number of ether oxygens (including phenoxy) is 2. The van der Waals surface area contributed by atoms with Crippen LogP contribution in [-0.4, -0.2) is 13.4 Å². The minimum atomic E-state index is 0.433. The van der Waals surface area contributed by atoms with Crippen LogP contribution in [0.5, 0.6) is 17.2 Å². The number of aryl methyl sites for hydroxylation is 1. The lowest BCUT2D eigenvalue weighted by atomic mass is 10.1. The van der Waals surface area contributed by atoms with Crippen LogP contribution in [0.25, 0.3) is 0 Å². The largest absolute Gasteiger partial charge is 0.496 e. The second kappa shape index (κ2) is 6.75. The van der Waals surface area contributed by atoms with Crippen molar-refractivity contribution >= 4 is 6.29 Å². The first kappa shape index (κ1) is 14.1. The smallest absolute Gasteiger partial charge is 0.127 e. The van der Waals surface area contributed by atoms with E-state index in [2.05, 4.69) is 6.92 Å². The molecule has 0 spiro atoms. The molecule has 104 valence electrons. The van der Waals surface area contributed by atoms with E-state index in [1.165, 1.54) is 0 Å². The van der Waals surface area contributed by atoms with Gasteiger partial charge in [-0.3, -0.25) is 0 Å². The Morgan fingerprint density at radius 2 is 1.75 bits per heavy atom. The normalized spacial score (nSPS) is 10.1. The Labute approximate surface area is 119 Å². The lowest BCUT2D eigenvalue weighted by molar-refractivity contribution is -0.107. The molecule has 0 saturated carbocycles. The van der Waals surface area contributed by atoms with Gasteiger partial charge in [0.15, 0.2) is 0 Å². The zero-order valence-corrected chi connectivity index (χ0v) is 11.8. The summed E-state index contributed by atoms with van der Waals surface area (Å²) in [5.74, 6) is 2.42. The van der Waals surface area contributed by atoms with Gasteiger partial charge in [0.2, 0.25) is 0 Å². The Morgan fingerprint density at radius 1 is 1.05 bits per heavy atom. The van der Waals surface area contributed by atoms with Crippen molar-refractivity contribution in [2.75, 3.05) is 7.11 Å². The molecule has 0 fully saturated rings. The van der Waals surface area contributed by atoms with Crippen LogP contribution < -0.4 is 9.47 Å². The molecule has 0 atom stereocenters. The minimum absolute atomic E-state index is 0.433. The predicted octanol–water partition coefficient (Wildman–Crippen LogP) is 3.79. The number of aldehydes is 1. The van der Waals surface area contributed by atoms with Gasteiger partial charge in [-0.1, -0.05) is 19.1 Å². The fourth-order valence-corrected chi connectivity index (χ4v) is 2.02. The third-order valence-corrected chi connectivity index (χ3v) is 3.11. The van der Waals surface area contributed by atoms with Crippen molar-refractivity contribution in [3.63, 3.8) is 0 Å². The Balaban J connectivity index is 2.14. The molecule has 0 aromatic heterocycles. The maximum absolute atomic E-state index is 10.4. The molecule has 20 heavy (non-hydrogen) atoms. The Bertz CT molecular complexity index is 573. The Morgan fingerprint density at radius 3 is 2.35 bits per heavy atom. The van der Waals surface area contributed by atoms with Gasteiger partial charge in [-0.25, -0.2) is 0 Å². The van der Waals surface area contributed by atoms with E-state index in [-0.39, 0.29) is 0 Å². The van der Waals surface area contributed by atoms with Gasteiger partial charge in [0.25, 0.3) is 0 Å². The summed E-state index contributed by atoms with van der Waals surface area (Å²) in [6.45, 7) is 2.08. The summed E-state index contributed by atoms with van der Waals surface area (Å²) in [6.07, 6.45) is 2.22. The molecule has 2 aromatic carbocycles. The molecule has 0 N–H and O–H groups in total. The monoisotopic (exact) mass is 270 g/mol. The molecule has 0 aliphatic carbocycles.